The molecule has 0 unspecified atom stereocenters. The Kier molecular flexibility index (Phi) is 7.78. The minimum Gasteiger partial charge on any atom is -0.495 e. The molecule has 0 fully saturated rings. The molecule has 0 radical (unpaired) electrons. The van der Waals surface area contributed by atoms with Crippen molar-refractivity contribution in [2.45, 2.75) is 13.8 Å². The standard InChI is InChI=1S/C28H24ClN3O6/c1-4-38-28(36)18-6-5-7-20(15-18)31-25(33)17-9-11-19(12-10-17)30-24-23(29)26(34)32(27(24)35)21-14-16(2)8-13-22(21)37-3/h5-15,30H,4H2,1-3H3,(H,31,33). The van der Waals surface area contributed by atoms with Gasteiger partial charge in [0.05, 0.1) is 25.0 Å². The van der Waals surface area contributed by atoms with E-state index < -0.39 is 23.7 Å². The van der Waals surface area contributed by atoms with Crippen molar-refractivity contribution in [3.8, 4) is 5.75 Å². The minimum absolute atomic E-state index is 0.0896. The summed E-state index contributed by atoms with van der Waals surface area (Å²) in [6, 6.07) is 17.8. The van der Waals surface area contributed by atoms with Gasteiger partial charge in [-0.15, -0.1) is 0 Å². The molecule has 9 nitrogen and oxygen atoms in total. The summed E-state index contributed by atoms with van der Waals surface area (Å²) in [7, 11) is 1.45. The molecule has 0 aliphatic carbocycles. The number of imide groups is 1. The van der Waals surface area contributed by atoms with Crippen LogP contribution in [0, 0.1) is 6.92 Å². The Bertz CT molecular complexity index is 1470. The third-order valence-electron chi connectivity index (χ3n) is 5.65. The Labute approximate surface area is 224 Å². The zero-order valence-electron chi connectivity index (χ0n) is 20.8. The summed E-state index contributed by atoms with van der Waals surface area (Å²) in [6.07, 6.45) is 0. The van der Waals surface area contributed by atoms with Crippen LogP contribution >= 0.6 is 11.6 Å². The summed E-state index contributed by atoms with van der Waals surface area (Å²) in [4.78, 5) is 51.6. The van der Waals surface area contributed by atoms with Crippen LogP contribution in [-0.2, 0) is 14.3 Å². The van der Waals surface area contributed by atoms with Crippen molar-refractivity contribution >= 4 is 52.4 Å². The molecule has 0 aromatic heterocycles. The second kappa shape index (κ2) is 11.2. The van der Waals surface area contributed by atoms with Crippen molar-refractivity contribution in [1.29, 1.82) is 0 Å². The second-order valence-corrected chi connectivity index (χ2v) is 8.65. The first-order chi connectivity index (χ1) is 18.2. The molecule has 3 aromatic carbocycles. The van der Waals surface area contributed by atoms with Gasteiger partial charge in [0.2, 0.25) is 0 Å². The quantitative estimate of drug-likeness (QED) is 0.313. The van der Waals surface area contributed by atoms with Gasteiger partial charge in [-0.2, -0.15) is 0 Å². The van der Waals surface area contributed by atoms with Gasteiger partial charge < -0.3 is 20.1 Å². The largest absolute Gasteiger partial charge is 0.495 e. The summed E-state index contributed by atoms with van der Waals surface area (Å²) in [5.41, 5.74) is 2.56. The highest BCUT2D eigenvalue weighted by molar-refractivity contribution is 6.53. The lowest BCUT2D eigenvalue weighted by molar-refractivity contribution is -0.120. The maximum absolute atomic E-state index is 13.2. The number of carbonyl (C=O) groups excluding carboxylic acids is 4. The molecular formula is C28H24ClN3O6. The van der Waals surface area contributed by atoms with Gasteiger partial charge in [0.15, 0.2) is 0 Å². The number of benzene rings is 3. The van der Waals surface area contributed by atoms with Crippen molar-refractivity contribution < 1.29 is 28.7 Å². The van der Waals surface area contributed by atoms with Crippen molar-refractivity contribution in [1.82, 2.24) is 0 Å². The summed E-state index contributed by atoms with van der Waals surface area (Å²) in [5.74, 6) is -1.84. The number of rotatable bonds is 8. The van der Waals surface area contributed by atoms with Crippen LogP contribution in [-0.4, -0.2) is 37.4 Å². The fourth-order valence-electron chi connectivity index (χ4n) is 3.80. The second-order valence-electron chi connectivity index (χ2n) is 8.27. The van der Waals surface area contributed by atoms with Crippen LogP contribution in [0.15, 0.2) is 77.5 Å². The number of hydrogen-bond donors (Lipinski definition) is 2. The summed E-state index contributed by atoms with van der Waals surface area (Å²) < 4.78 is 10.3. The van der Waals surface area contributed by atoms with Crippen molar-refractivity contribution in [3.05, 3.63) is 94.1 Å². The molecule has 3 amide bonds. The fourth-order valence-corrected chi connectivity index (χ4v) is 4.01. The van der Waals surface area contributed by atoms with Crippen LogP contribution in [0.1, 0.15) is 33.2 Å². The van der Waals surface area contributed by atoms with E-state index >= 15 is 0 Å². The molecule has 2 N–H and O–H groups in total. The Morgan fingerprint density at radius 1 is 0.921 bits per heavy atom. The van der Waals surface area contributed by atoms with Crippen LogP contribution in [0.3, 0.4) is 0 Å². The molecule has 0 saturated heterocycles. The Morgan fingerprint density at radius 2 is 1.66 bits per heavy atom. The molecule has 0 atom stereocenters. The molecule has 10 heteroatoms. The van der Waals surface area contributed by atoms with Crippen LogP contribution in [0.2, 0.25) is 0 Å². The number of nitrogens with one attached hydrogen (secondary N) is 2. The molecular weight excluding hydrogens is 510 g/mol. The number of anilines is 3. The van der Waals surface area contributed by atoms with Crippen molar-refractivity contribution in [2.75, 3.05) is 29.3 Å². The lowest BCUT2D eigenvalue weighted by Crippen LogP contribution is -2.32. The van der Waals surface area contributed by atoms with E-state index in [1.165, 1.54) is 13.2 Å². The number of amides is 3. The fraction of sp³-hybridized carbons (Fsp3) is 0.143. The highest BCUT2D eigenvalue weighted by Crippen LogP contribution is 2.36. The van der Waals surface area contributed by atoms with E-state index in [0.29, 0.717) is 28.3 Å². The molecule has 4 rings (SSSR count). The van der Waals surface area contributed by atoms with E-state index in [9.17, 15) is 19.2 Å². The average molecular weight is 534 g/mol. The monoisotopic (exact) mass is 533 g/mol. The number of hydrogen-bond acceptors (Lipinski definition) is 7. The predicted octanol–water partition coefficient (Wildman–Crippen LogP) is 4.87. The van der Waals surface area contributed by atoms with Gasteiger partial charge in [-0.05, 0) is 74.0 Å². The normalized spacial score (nSPS) is 13.0. The Morgan fingerprint density at radius 3 is 2.34 bits per heavy atom. The average Bonchev–Trinajstić information content (AvgIpc) is 3.12. The van der Waals surface area contributed by atoms with Crippen molar-refractivity contribution in [3.63, 3.8) is 0 Å². The molecule has 1 heterocycles. The van der Waals surface area contributed by atoms with Crippen LogP contribution < -0.4 is 20.3 Å². The van der Waals surface area contributed by atoms with Gasteiger partial charge in [-0.3, -0.25) is 14.4 Å². The third-order valence-corrected chi connectivity index (χ3v) is 6.00. The zero-order valence-corrected chi connectivity index (χ0v) is 21.6. The first-order valence-electron chi connectivity index (χ1n) is 11.6. The van der Waals surface area contributed by atoms with Crippen LogP contribution in [0.5, 0.6) is 5.75 Å². The lowest BCUT2D eigenvalue weighted by atomic mass is 10.1. The van der Waals surface area contributed by atoms with Gasteiger partial charge in [-0.1, -0.05) is 23.7 Å². The van der Waals surface area contributed by atoms with Gasteiger partial charge in [0.1, 0.15) is 16.5 Å². The van der Waals surface area contributed by atoms with Crippen molar-refractivity contribution in [2.24, 2.45) is 0 Å². The van der Waals surface area contributed by atoms with E-state index in [4.69, 9.17) is 21.1 Å². The SMILES string of the molecule is CCOC(=O)c1cccc(NC(=O)c2ccc(NC3=C(Cl)C(=O)N(c4cc(C)ccc4OC)C3=O)cc2)c1. The van der Waals surface area contributed by atoms with E-state index in [1.807, 2.05) is 6.92 Å². The maximum atomic E-state index is 13.2. The molecule has 0 spiro atoms. The number of halogens is 1. The predicted molar refractivity (Wildman–Crippen MR) is 144 cm³/mol. The molecule has 1 aliphatic heterocycles. The van der Waals surface area contributed by atoms with Gasteiger partial charge in [0.25, 0.3) is 17.7 Å². The molecule has 38 heavy (non-hydrogen) atoms. The van der Waals surface area contributed by atoms with E-state index in [2.05, 4.69) is 10.6 Å². The zero-order chi connectivity index (χ0) is 27.4. The van der Waals surface area contributed by atoms with E-state index in [0.717, 1.165) is 10.5 Å². The number of methoxy groups -OCH3 is 1. The molecule has 0 bridgehead atoms. The van der Waals surface area contributed by atoms with Crippen LogP contribution in [0.4, 0.5) is 17.1 Å². The number of carbonyl (C=O) groups is 4. The van der Waals surface area contributed by atoms with Gasteiger partial charge in [0, 0.05) is 16.9 Å². The minimum atomic E-state index is -0.677. The maximum Gasteiger partial charge on any atom is 0.338 e. The lowest BCUT2D eigenvalue weighted by Gasteiger charge is -2.18. The van der Waals surface area contributed by atoms with Crippen LogP contribution in [0.25, 0.3) is 0 Å². The first-order valence-corrected chi connectivity index (χ1v) is 12.0. The Hall–Kier alpha value is -4.63. The summed E-state index contributed by atoms with van der Waals surface area (Å²) >= 11 is 6.25. The highest BCUT2D eigenvalue weighted by atomic mass is 35.5. The molecule has 3 aromatic rings. The Balaban J connectivity index is 1.47. The summed E-state index contributed by atoms with van der Waals surface area (Å²) in [5, 5.41) is 5.35. The number of aryl methyl sites for hydroxylation is 1. The number of esters is 1. The first kappa shape index (κ1) is 26.4. The molecule has 194 valence electrons. The summed E-state index contributed by atoms with van der Waals surface area (Å²) in [6.45, 7) is 3.79. The number of ether oxygens (including phenoxy) is 2. The number of nitrogens with zero attached hydrogens (tertiary/aromatic N) is 1. The molecule has 0 saturated carbocycles. The molecule has 1 aliphatic rings. The van der Waals surface area contributed by atoms with E-state index in [-0.39, 0.29) is 23.0 Å². The van der Waals surface area contributed by atoms with Gasteiger partial charge >= 0.3 is 5.97 Å². The highest BCUT2D eigenvalue weighted by Gasteiger charge is 2.40. The third kappa shape index (κ3) is 5.37. The topological polar surface area (TPSA) is 114 Å². The smallest absolute Gasteiger partial charge is 0.338 e. The van der Waals surface area contributed by atoms with E-state index in [1.54, 1.807) is 67.6 Å². The van der Waals surface area contributed by atoms with Gasteiger partial charge in [-0.25, -0.2) is 9.69 Å².